The lowest BCUT2D eigenvalue weighted by Crippen LogP contribution is -2.41. The number of hydrogen-bond acceptors (Lipinski definition) is 2. The van der Waals surface area contributed by atoms with Gasteiger partial charge in [-0.15, -0.1) is 0 Å². The first-order valence-corrected chi connectivity index (χ1v) is 7.18. The molecule has 1 aliphatic carbocycles. The average Bonchev–Trinajstić information content (AvgIpc) is 2.41. The van der Waals surface area contributed by atoms with Crippen molar-refractivity contribution in [3.63, 3.8) is 0 Å². The highest BCUT2D eigenvalue weighted by atomic mass is 35.5. The molecule has 2 nitrogen and oxygen atoms in total. The third-order valence-electron chi connectivity index (χ3n) is 4.19. The molecule has 2 aliphatic rings. The Labute approximate surface area is 113 Å². The number of aromatic nitrogens is 1. The van der Waals surface area contributed by atoms with Crippen molar-refractivity contribution in [2.75, 3.05) is 6.54 Å². The molecule has 1 fully saturated rings. The molecule has 0 radical (unpaired) electrons. The summed E-state index contributed by atoms with van der Waals surface area (Å²) in [7, 11) is 0. The van der Waals surface area contributed by atoms with Crippen LogP contribution in [0.3, 0.4) is 0 Å². The number of piperidine rings is 1. The lowest BCUT2D eigenvalue weighted by Gasteiger charge is -2.35. The fraction of sp³-hybridized carbons (Fsp3) is 0.533. The van der Waals surface area contributed by atoms with E-state index in [0.29, 0.717) is 11.2 Å². The maximum Gasteiger partial charge on any atom is 0.131 e. The molecule has 0 spiro atoms. The van der Waals surface area contributed by atoms with Gasteiger partial charge < -0.3 is 5.32 Å². The molecule has 1 aliphatic heterocycles. The summed E-state index contributed by atoms with van der Waals surface area (Å²) in [5, 5.41) is 4.24. The third-order valence-corrected chi connectivity index (χ3v) is 4.59. The largest absolute Gasteiger partial charge is 0.310 e. The number of hydrogen-bond donors (Lipinski definition) is 1. The molecule has 2 heterocycles. The van der Waals surface area contributed by atoms with Gasteiger partial charge in [-0.1, -0.05) is 17.7 Å². The van der Waals surface area contributed by atoms with Gasteiger partial charge in [0.25, 0.3) is 0 Å². The van der Waals surface area contributed by atoms with Gasteiger partial charge >= 0.3 is 0 Å². The second kappa shape index (κ2) is 5.02. The van der Waals surface area contributed by atoms with Gasteiger partial charge in [-0.05, 0) is 67.8 Å². The van der Waals surface area contributed by atoms with Gasteiger partial charge in [-0.3, -0.25) is 0 Å². The molecule has 3 heteroatoms. The minimum Gasteiger partial charge on any atom is -0.310 e. The first-order chi connectivity index (χ1) is 8.74. The minimum atomic E-state index is 0.568. The van der Waals surface area contributed by atoms with Gasteiger partial charge in [0.15, 0.2) is 0 Å². The average molecular weight is 263 g/mol. The van der Waals surface area contributed by atoms with Gasteiger partial charge in [0, 0.05) is 12.2 Å². The molecular formula is C15H19ClN2. The maximum absolute atomic E-state index is 5.99. The Kier molecular flexibility index (Phi) is 3.40. The van der Waals surface area contributed by atoms with Crippen LogP contribution in [0.1, 0.15) is 36.8 Å². The standard InChI is InChI=1S/C15H19ClN2/c1-10-7-13(9-18-15(10)16)12-5-4-11-3-2-6-17-14(11)8-12/h7-9,11,14,17H,2-6H2,1H3. The SMILES string of the molecule is Cc1cc(C2=CC3NCCCC3CC2)cnc1Cl. The maximum atomic E-state index is 5.99. The molecule has 1 N–H and O–H groups in total. The Bertz CT molecular complexity index is 481. The summed E-state index contributed by atoms with van der Waals surface area (Å²) in [6, 6.07) is 2.73. The highest BCUT2D eigenvalue weighted by Gasteiger charge is 2.27. The number of nitrogens with one attached hydrogen (secondary N) is 1. The van der Waals surface area contributed by atoms with E-state index in [1.807, 2.05) is 13.1 Å². The van der Waals surface area contributed by atoms with E-state index in [1.54, 1.807) is 0 Å². The third kappa shape index (κ3) is 2.32. The van der Waals surface area contributed by atoms with E-state index in [1.165, 1.54) is 36.8 Å². The van der Waals surface area contributed by atoms with Crippen molar-refractivity contribution in [2.45, 2.75) is 38.6 Å². The lowest BCUT2D eigenvalue weighted by atomic mass is 9.79. The number of pyridine rings is 1. The van der Waals surface area contributed by atoms with Crippen LogP contribution in [0.25, 0.3) is 5.57 Å². The Morgan fingerprint density at radius 1 is 1.39 bits per heavy atom. The molecule has 96 valence electrons. The molecule has 0 aromatic carbocycles. The Hall–Kier alpha value is -0.860. The molecule has 0 saturated carbocycles. The molecule has 1 aromatic rings. The topological polar surface area (TPSA) is 24.9 Å². The molecule has 2 atom stereocenters. The molecule has 1 aromatic heterocycles. The molecule has 2 unspecified atom stereocenters. The van der Waals surface area contributed by atoms with Crippen LogP contribution in [0.2, 0.25) is 5.15 Å². The molecule has 3 rings (SSSR count). The van der Waals surface area contributed by atoms with Gasteiger partial charge in [-0.25, -0.2) is 4.98 Å². The number of fused-ring (bicyclic) bond motifs is 1. The number of aryl methyl sites for hydroxylation is 1. The minimum absolute atomic E-state index is 0.568. The summed E-state index contributed by atoms with van der Waals surface area (Å²) in [4.78, 5) is 4.26. The zero-order valence-corrected chi connectivity index (χ0v) is 11.5. The van der Waals surface area contributed by atoms with Gasteiger partial charge in [0.1, 0.15) is 5.15 Å². The van der Waals surface area contributed by atoms with E-state index in [9.17, 15) is 0 Å². The van der Waals surface area contributed by atoms with E-state index < -0.39 is 0 Å². The van der Waals surface area contributed by atoms with Crippen LogP contribution in [-0.2, 0) is 0 Å². The molecular weight excluding hydrogens is 244 g/mol. The van der Waals surface area contributed by atoms with Crippen molar-refractivity contribution in [1.29, 1.82) is 0 Å². The second-order valence-corrected chi connectivity index (χ2v) is 5.80. The van der Waals surface area contributed by atoms with Gasteiger partial charge in [0.05, 0.1) is 0 Å². The monoisotopic (exact) mass is 262 g/mol. The Balaban J connectivity index is 1.87. The first kappa shape index (κ1) is 12.2. The normalized spacial score (nSPS) is 27.6. The van der Waals surface area contributed by atoms with Crippen LogP contribution in [-0.4, -0.2) is 17.6 Å². The molecule has 0 bridgehead atoms. The highest BCUT2D eigenvalue weighted by molar-refractivity contribution is 6.30. The van der Waals surface area contributed by atoms with Crippen LogP contribution in [0.4, 0.5) is 0 Å². The van der Waals surface area contributed by atoms with Crippen LogP contribution in [0.15, 0.2) is 18.3 Å². The number of halogens is 1. The van der Waals surface area contributed by atoms with E-state index in [2.05, 4.69) is 22.4 Å². The van der Waals surface area contributed by atoms with Crippen LogP contribution >= 0.6 is 11.6 Å². The Morgan fingerprint density at radius 2 is 2.28 bits per heavy atom. The number of allylic oxidation sites excluding steroid dienone is 1. The fourth-order valence-corrected chi connectivity index (χ4v) is 3.22. The van der Waals surface area contributed by atoms with Crippen molar-refractivity contribution in [3.05, 3.63) is 34.6 Å². The van der Waals surface area contributed by atoms with E-state index >= 15 is 0 Å². The smallest absolute Gasteiger partial charge is 0.131 e. The van der Waals surface area contributed by atoms with Crippen molar-refractivity contribution >= 4 is 17.2 Å². The van der Waals surface area contributed by atoms with Crippen molar-refractivity contribution in [1.82, 2.24) is 10.3 Å². The summed E-state index contributed by atoms with van der Waals surface area (Å²) in [6.45, 7) is 3.17. The zero-order valence-electron chi connectivity index (χ0n) is 10.7. The van der Waals surface area contributed by atoms with Crippen molar-refractivity contribution in [3.8, 4) is 0 Å². The van der Waals surface area contributed by atoms with Crippen molar-refractivity contribution in [2.24, 2.45) is 5.92 Å². The summed E-state index contributed by atoms with van der Waals surface area (Å²) < 4.78 is 0. The molecule has 0 amide bonds. The quantitative estimate of drug-likeness (QED) is 0.783. The van der Waals surface area contributed by atoms with Crippen LogP contribution in [0.5, 0.6) is 0 Å². The van der Waals surface area contributed by atoms with E-state index in [-0.39, 0.29) is 0 Å². The summed E-state index contributed by atoms with van der Waals surface area (Å²) in [5.41, 5.74) is 3.73. The lowest BCUT2D eigenvalue weighted by molar-refractivity contribution is 0.298. The van der Waals surface area contributed by atoms with Crippen molar-refractivity contribution < 1.29 is 0 Å². The van der Waals surface area contributed by atoms with Gasteiger partial charge in [0.2, 0.25) is 0 Å². The number of rotatable bonds is 1. The fourth-order valence-electron chi connectivity index (χ4n) is 3.11. The number of nitrogens with zero attached hydrogens (tertiary/aromatic N) is 1. The predicted molar refractivity (Wildman–Crippen MR) is 75.7 cm³/mol. The summed E-state index contributed by atoms with van der Waals surface area (Å²) in [5.74, 6) is 0.837. The predicted octanol–water partition coefficient (Wildman–Crippen LogP) is 3.59. The molecule has 18 heavy (non-hydrogen) atoms. The van der Waals surface area contributed by atoms with E-state index in [4.69, 9.17) is 11.6 Å². The van der Waals surface area contributed by atoms with Crippen LogP contribution < -0.4 is 5.32 Å². The van der Waals surface area contributed by atoms with Crippen LogP contribution in [0, 0.1) is 12.8 Å². The zero-order chi connectivity index (χ0) is 12.5. The summed E-state index contributed by atoms with van der Waals surface area (Å²) in [6.07, 6.45) is 9.49. The van der Waals surface area contributed by atoms with E-state index in [0.717, 1.165) is 18.0 Å². The highest BCUT2D eigenvalue weighted by Crippen LogP contribution is 2.34. The first-order valence-electron chi connectivity index (χ1n) is 6.80. The summed E-state index contributed by atoms with van der Waals surface area (Å²) >= 11 is 5.99. The van der Waals surface area contributed by atoms with Gasteiger partial charge in [-0.2, -0.15) is 0 Å². The second-order valence-electron chi connectivity index (χ2n) is 5.44. The Morgan fingerprint density at radius 3 is 3.11 bits per heavy atom. The molecule has 1 saturated heterocycles.